The van der Waals surface area contributed by atoms with Crippen LogP contribution in [0.15, 0.2) is 261 Å². The standard InChI is InChI=1S/C62H59N.C10H12/c1-7-10-23-47(9-3)59-51-26-14-16-28-53(51)62(54-29-17-15-27-52(54)59)50-40-36-46(37-41-50)35-39-49(38-34-44(5)63-45(6)42-43(4)22-8-2)61-57-32-20-18-30-55(57)60(48-24-12-11-13-25-48)56-31-19-21-33-58(56)61;1-3-6-10-8-5-4-7-9(10)2/h7-10,12,14-34,36-42,44-45,63H,1,11,13,35H2,2-6H3;3-9H,1H2,2H3/b22-8-,23-10-,38-34-,43-42+,47-9+,49-39+;10-6+. The van der Waals surface area contributed by atoms with E-state index in [2.05, 4.69) is 272 Å². The van der Waals surface area contributed by atoms with Crippen LogP contribution in [-0.4, -0.2) is 12.1 Å². The fraction of sp³-hybridized carbons (Fsp3) is 0.167. The van der Waals surface area contributed by atoms with Gasteiger partial charge >= 0.3 is 0 Å². The van der Waals surface area contributed by atoms with E-state index in [0.717, 1.165) is 19.3 Å². The highest BCUT2D eigenvalue weighted by Crippen LogP contribution is 2.44. The number of nitrogens with one attached hydrogen (secondary N) is 1. The van der Waals surface area contributed by atoms with Crippen LogP contribution in [0, 0.1) is 5.92 Å². The number of allylic oxidation sites excluding steroid dienone is 22. The Morgan fingerprint density at radius 1 is 0.630 bits per heavy atom. The molecule has 0 aliphatic heterocycles. The predicted octanol–water partition coefficient (Wildman–Crippen LogP) is 19.8. The molecule has 73 heavy (non-hydrogen) atoms. The number of fused-ring (bicyclic) bond motifs is 4. The summed E-state index contributed by atoms with van der Waals surface area (Å²) < 4.78 is 0. The van der Waals surface area contributed by atoms with Gasteiger partial charge in [-0.1, -0.05) is 262 Å². The Labute approximate surface area is 436 Å². The fourth-order valence-corrected chi connectivity index (χ4v) is 10.6. The third kappa shape index (κ3) is 12.1. The van der Waals surface area contributed by atoms with E-state index in [1.807, 2.05) is 24.3 Å². The largest absolute Gasteiger partial charge is 0.305 e. The molecular formula is C72H71N. The minimum atomic E-state index is 0.157. The van der Waals surface area contributed by atoms with Gasteiger partial charge in [0.25, 0.3) is 0 Å². The van der Waals surface area contributed by atoms with Gasteiger partial charge in [-0.05, 0) is 159 Å². The molecule has 0 saturated heterocycles. The average Bonchev–Trinajstić information content (AvgIpc) is 3.42. The van der Waals surface area contributed by atoms with Gasteiger partial charge in [0.2, 0.25) is 0 Å². The monoisotopic (exact) mass is 950 g/mol. The second-order valence-electron chi connectivity index (χ2n) is 19.2. The second-order valence-corrected chi connectivity index (χ2v) is 19.2. The van der Waals surface area contributed by atoms with Crippen LogP contribution in [0.25, 0.3) is 70.9 Å². The van der Waals surface area contributed by atoms with Gasteiger partial charge in [0.15, 0.2) is 0 Å². The van der Waals surface area contributed by atoms with Crippen molar-refractivity contribution in [3.05, 3.63) is 283 Å². The highest BCUT2D eigenvalue weighted by Gasteiger charge is 2.19. The van der Waals surface area contributed by atoms with Crippen molar-refractivity contribution < 1.29 is 0 Å². The molecular weight excluding hydrogens is 879 g/mol. The first-order valence-electron chi connectivity index (χ1n) is 26.2. The number of rotatable bonds is 15. The van der Waals surface area contributed by atoms with Gasteiger partial charge in [-0.25, -0.2) is 0 Å². The first-order valence-corrected chi connectivity index (χ1v) is 26.2. The Bertz CT molecular complexity index is 3380. The van der Waals surface area contributed by atoms with Crippen LogP contribution in [0.1, 0.15) is 76.6 Å². The van der Waals surface area contributed by atoms with Crippen molar-refractivity contribution in [1.29, 1.82) is 0 Å². The zero-order valence-corrected chi connectivity index (χ0v) is 43.8. The summed E-state index contributed by atoms with van der Waals surface area (Å²) >= 11 is 0. The topological polar surface area (TPSA) is 12.0 Å². The molecule has 0 aromatic heterocycles. The maximum absolute atomic E-state index is 3.93. The van der Waals surface area contributed by atoms with Gasteiger partial charge in [-0.2, -0.15) is 0 Å². The van der Waals surface area contributed by atoms with Gasteiger partial charge in [0.05, 0.1) is 0 Å². The van der Waals surface area contributed by atoms with Crippen molar-refractivity contribution in [1.82, 2.24) is 5.32 Å². The number of hydrogen-bond acceptors (Lipinski definition) is 1. The molecule has 9 rings (SSSR count). The summed E-state index contributed by atoms with van der Waals surface area (Å²) in [6, 6.07) is 45.4. The molecule has 1 N–H and O–H groups in total. The molecule has 0 heterocycles. The minimum Gasteiger partial charge on any atom is -0.305 e. The highest BCUT2D eigenvalue weighted by molar-refractivity contribution is 6.20. The SMILES string of the molecule is C=C/C=C1\C=CC=CC1C.C=C/C=C\C(=C/C)c1c2ccccc2c(-c2ccc(C/C=C(\C=C/C(C)NC(C)/C=C(C)/C=C\C)c3c4ccccc4c(C4=CCCC=C4)c4ccccc34)cc2)c2ccccc12. The molecule has 0 saturated carbocycles. The number of hydrogen-bond donors (Lipinski definition) is 1. The summed E-state index contributed by atoms with van der Waals surface area (Å²) in [5.74, 6) is 0.544. The number of benzene rings is 7. The third-order valence-corrected chi connectivity index (χ3v) is 13.9. The first-order chi connectivity index (χ1) is 35.7. The van der Waals surface area contributed by atoms with Gasteiger partial charge in [0, 0.05) is 12.1 Å². The molecule has 1 heteroatoms. The van der Waals surface area contributed by atoms with E-state index < -0.39 is 0 Å². The Morgan fingerprint density at radius 2 is 1.21 bits per heavy atom. The summed E-state index contributed by atoms with van der Waals surface area (Å²) in [5.41, 5.74) is 14.0. The molecule has 3 atom stereocenters. The molecule has 0 fully saturated rings. The molecule has 3 unspecified atom stereocenters. The highest BCUT2D eigenvalue weighted by atomic mass is 14.9. The first kappa shape index (κ1) is 51.5. The van der Waals surface area contributed by atoms with E-state index in [9.17, 15) is 0 Å². The predicted molar refractivity (Wildman–Crippen MR) is 325 cm³/mol. The summed E-state index contributed by atoms with van der Waals surface area (Å²) in [5, 5.41) is 13.9. The zero-order chi connectivity index (χ0) is 51.1. The molecule has 0 radical (unpaired) electrons. The van der Waals surface area contributed by atoms with E-state index in [0.29, 0.717) is 5.92 Å². The van der Waals surface area contributed by atoms with Crippen LogP contribution in [0.4, 0.5) is 0 Å². The Morgan fingerprint density at radius 3 is 1.73 bits per heavy atom. The molecule has 7 aromatic carbocycles. The summed E-state index contributed by atoms with van der Waals surface area (Å²) in [4.78, 5) is 0. The molecule has 2 aliphatic carbocycles. The van der Waals surface area contributed by atoms with Crippen molar-refractivity contribution in [3.8, 4) is 11.1 Å². The molecule has 0 spiro atoms. The van der Waals surface area contributed by atoms with Gasteiger partial charge < -0.3 is 5.32 Å². The normalized spacial score (nSPS) is 16.8. The zero-order valence-electron chi connectivity index (χ0n) is 43.8. The van der Waals surface area contributed by atoms with Crippen LogP contribution in [0.3, 0.4) is 0 Å². The summed E-state index contributed by atoms with van der Waals surface area (Å²) in [7, 11) is 0. The van der Waals surface area contributed by atoms with Gasteiger partial charge in [-0.3, -0.25) is 0 Å². The molecule has 0 amide bonds. The molecule has 364 valence electrons. The third-order valence-electron chi connectivity index (χ3n) is 13.9. The van der Waals surface area contributed by atoms with Crippen LogP contribution < -0.4 is 5.32 Å². The van der Waals surface area contributed by atoms with Gasteiger partial charge in [0.1, 0.15) is 0 Å². The van der Waals surface area contributed by atoms with Crippen molar-refractivity contribution in [2.75, 3.05) is 0 Å². The minimum absolute atomic E-state index is 0.157. The molecule has 7 aromatic rings. The van der Waals surface area contributed by atoms with E-state index in [1.54, 1.807) is 0 Å². The smallest absolute Gasteiger partial charge is 0.0232 e. The van der Waals surface area contributed by atoms with Crippen molar-refractivity contribution in [2.45, 2.75) is 72.9 Å². The second kappa shape index (κ2) is 25.0. The molecule has 1 nitrogen and oxygen atoms in total. The fourth-order valence-electron chi connectivity index (χ4n) is 10.6. The quantitative estimate of drug-likeness (QED) is 0.0798. The Hall–Kier alpha value is -7.84. The van der Waals surface area contributed by atoms with E-state index >= 15 is 0 Å². The summed E-state index contributed by atoms with van der Waals surface area (Å²) in [6.07, 6.45) is 44.2. The lowest BCUT2D eigenvalue weighted by molar-refractivity contribution is 0.584. The van der Waals surface area contributed by atoms with Crippen LogP contribution >= 0.6 is 0 Å². The lowest BCUT2D eigenvalue weighted by Gasteiger charge is -2.20. The van der Waals surface area contributed by atoms with Crippen LogP contribution in [0.5, 0.6) is 0 Å². The molecule has 2 aliphatic rings. The Balaban J connectivity index is 0.000000636. The lowest BCUT2D eigenvalue weighted by Crippen LogP contribution is -2.31. The van der Waals surface area contributed by atoms with Crippen LogP contribution in [0.2, 0.25) is 0 Å². The van der Waals surface area contributed by atoms with E-state index in [-0.39, 0.29) is 12.1 Å². The van der Waals surface area contributed by atoms with Gasteiger partial charge in [-0.15, -0.1) is 0 Å². The maximum Gasteiger partial charge on any atom is 0.0232 e. The van der Waals surface area contributed by atoms with Crippen molar-refractivity contribution in [3.63, 3.8) is 0 Å². The van der Waals surface area contributed by atoms with E-state index in [4.69, 9.17) is 0 Å². The van der Waals surface area contributed by atoms with E-state index in [1.165, 1.54) is 104 Å². The van der Waals surface area contributed by atoms with Crippen LogP contribution in [-0.2, 0) is 6.42 Å². The average molecular weight is 950 g/mol. The van der Waals surface area contributed by atoms with Crippen molar-refractivity contribution in [2.24, 2.45) is 5.92 Å². The summed E-state index contributed by atoms with van der Waals surface area (Å²) in [6.45, 7) is 20.6. The Kier molecular flexibility index (Phi) is 17.6. The lowest BCUT2D eigenvalue weighted by atomic mass is 9.84. The molecule has 0 bridgehead atoms. The maximum atomic E-state index is 3.93. The van der Waals surface area contributed by atoms with Crippen molar-refractivity contribution >= 4 is 59.8 Å².